The summed E-state index contributed by atoms with van der Waals surface area (Å²) in [7, 11) is 2.09. The average molecular weight is 361 g/mol. The monoisotopic (exact) mass is 361 g/mol. The van der Waals surface area contributed by atoms with Crippen LogP contribution in [0.25, 0.3) is 0 Å². The molecule has 2 amide bonds. The van der Waals surface area contributed by atoms with E-state index < -0.39 is 0 Å². The highest BCUT2D eigenvalue weighted by Crippen LogP contribution is 2.32. The van der Waals surface area contributed by atoms with Crippen LogP contribution < -0.4 is 0 Å². The van der Waals surface area contributed by atoms with Gasteiger partial charge in [-0.25, -0.2) is 4.39 Å². The lowest BCUT2D eigenvalue weighted by molar-refractivity contribution is -0.136. The third-order valence-electron chi connectivity index (χ3n) is 6.04. The second-order valence-corrected chi connectivity index (χ2v) is 7.45. The predicted octanol–water partition coefficient (Wildman–Crippen LogP) is 1.91. The number of carbonyl (C=O) groups is 2. The molecule has 1 aromatic rings. The van der Waals surface area contributed by atoms with Crippen molar-refractivity contribution in [2.45, 2.75) is 38.1 Å². The number of benzene rings is 1. The van der Waals surface area contributed by atoms with Gasteiger partial charge in [0.1, 0.15) is 5.82 Å². The fraction of sp³-hybridized carbons (Fsp3) is 0.600. The third-order valence-corrected chi connectivity index (χ3v) is 6.04. The third kappa shape index (κ3) is 3.75. The van der Waals surface area contributed by atoms with Crippen molar-refractivity contribution in [3.8, 4) is 0 Å². The summed E-state index contributed by atoms with van der Waals surface area (Å²) in [6, 6.07) is 6.45. The van der Waals surface area contributed by atoms with Crippen LogP contribution in [0.4, 0.5) is 4.39 Å². The van der Waals surface area contributed by atoms with E-state index in [0.29, 0.717) is 25.1 Å². The van der Waals surface area contributed by atoms with Crippen molar-refractivity contribution in [1.29, 1.82) is 0 Å². The first-order valence-electron chi connectivity index (χ1n) is 9.45. The number of nitrogens with zero attached hydrogens (tertiary/aromatic N) is 3. The van der Waals surface area contributed by atoms with Gasteiger partial charge in [0.25, 0.3) is 0 Å². The smallest absolute Gasteiger partial charge is 0.227 e. The lowest BCUT2D eigenvalue weighted by Gasteiger charge is -2.49. The number of likely N-dealkylation sites (N-methyl/N-ethyl adjacent to an activating group) is 1. The van der Waals surface area contributed by atoms with Crippen molar-refractivity contribution in [3.63, 3.8) is 0 Å². The molecule has 2 heterocycles. The Morgan fingerprint density at radius 3 is 2.69 bits per heavy atom. The highest BCUT2D eigenvalue weighted by molar-refractivity contribution is 5.79. The van der Waals surface area contributed by atoms with Crippen LogP contribution in [0.3, 0.4) is 0 Å². The highest BCUT2D eigenvalue weighted by Gasteiger charge is 2.43. The molecule has 2 aliphatic rings. The molecule has 0 aromatic heterocycles. The molecule has 1 unspecified atom stereocenters. The molecule has 3 rings (SSSR count). The van der Waals surface area contributed by atoms with Gasteiger partial charge in [0.2, 0.25) is 11.8 Å². The van der Waals surface area contributed by atoms with Crippen molar-refractivity contribution in [3.05, 3.63) is 35.6 Å². The lowest BCUT2D eigenvalue weighted by atomic mass is 9.86. The average Bonchev–Trinajstić information content (AvgIpc) is 2.79. The van der Waals surface area contributed by atoms with Crippen molar-refractivity contribution in [2.75, 3.05) is 39.8 Å². The molecule has 2 fully saturated rings. The summed E-state index contributed by atoms with van der Waals surface area (Å²) >= 11 is 0. The fourth-order valence-electron chi connectivity index (χ4n) is 4.16. The summed E-state index contributed by atoms with van der Waals surface area (Å²) in [6.45, 7) is 5.51. The summed E-state index contributed by atoms with van der Waals surface area (Å²) in [5.41, 5.74) is 0.279. The predicted molar refractivity (Wildman–Crippen MR) is 98.2 cm³/mol. The quantitative estimate of drug-likeness (QED) is 0.826. The van der Waals surface area contributed by atoms with Gasteiger partial charge in [-0.2, -0.15) is 0 Å². The summed E-state index contributed by atoms with van der Waals surface area (Å²) in [4.78, 5) is 31.1. The van der Waals surface area contributed by atoms with Gasteiger partial charge < -0.3 is 9.80 Å². The molecule has 26 heavy (non-hydrogen) atoms. The zero-order valence-corrected chi connectivity index (χ0v) is 15.7. The first kappa shape index (κ1) is 18.8. The molecule has 1 aromatic carbocycles. The van der Waals surface area contributed by atoms with Crippen LogP contribution in [0.1, 0.15) is 31.7 Å². The number of piperazine rings is 1. The van der Waals surface area contributed by atoms with E-state index in [1.54, 1.807) is 18.2 Å². The summed E-state index contributed by atoms with van der Waals surface area (Å²) in [5, 5.41) is 0. The Kier molecular flexibility index (Phi) is 5.61. The Morgan fingerprint density at radius 2 is 1.96 bits per heavy atom. The zero-order chi connectivity index (χ0) is 18.7. The van der Waals surface area contributed by atoms with Crippen molar-refractivity contribution in [2.24, 2.45) is 0 Å². The number of carbonyl (C=O) groups excluding carboxylic acids is 2. The van der Waals surface area contributed by atoms with E-state index in [4.69, 9.17) is 0 Å². The van der Waals surface area contributed by atoms with Gasteiger partial charge in [-0.1, -0.05) is 18.2 Å². The molecule has 6 heteroatoms. The van der Waals surface area contributed by atoms with Gasteiger partial charge in [0.05, 0.1) is 6.42 Å². The minimum Gasteiger partial charge on any atom is -0.343 e. The van der Waals surface area contributed by atoms with E-state index in [-0.39, 0.29) is 29.6 Å². The molecule has 2 aliphatic heterocycles. The number of hydrogen-bond donors (Lipinski definition) is 0. The highest BCUT2D eigenvalue weighted by atomic mass is 19.1. The number of amides is 2. The van der Waals surface area contributed by atoms with Crippen LogP contribution >= 0.6 is 0 Å². The first-order chi connectivity index (χ1) is 12.4. The van der Waals surface area contributed by atoms with Gasteiger partial charge in [-0.05, 0) is 38.4 Å². The van der Waals surface area contributed by atoms with Crippen LogP contribution in [-0.2, 0) is 16.0 Å². The molecule has 2 saturated heterocycles. The zero-order valence-electron chi connectivity index (χ0n) is 15.7. The molecule has 0 saturated carbocycles. The summed E-state index contributed by atoms with van der Waals surface area (Å²) < 4.78 is 13.9. The van der Waals surface area contributed by atoms with Gasteiger partial charge in [0.15, 0.2) is 0 Å². The molecule has 142 valence electrons. The molecule has 5 nitrogen and oxygen atoms in total. The number of likely N-dealkylation sites (tertiary alicyclic amines) is 1. The minimum atomic E-state index is -0.330. The van der Waals surface area contributed by atoms with E-state index in [1.165, 1.54) is 6.07 Å². The Bertz CT molecular complexity index is 681. The maximum atomic E-state index is 13.9. The van der Waals surface area contributed by atoms with Crippen molar-refractivity contribution in [1.82, 2.24) is 14.7 Å². The van der Waals surface area contributed by atoms with E-state index in [1.807, 2.05) is 16.7 Å². The summed E-state index contributed by atoms with van der Waals surface area (Å²) in [6.07, 6.45) is 2.24. The largest absolute Gasteiger partial charge is 0.343 e. The van der Waals surface area contributed by atoms with Crippen LogP contribution in [0.15, 0.2) is 24.3 Å². The molecule has 0 bridgehead atoms. The van der Waals surface area contributed by atoms with Crippen molar-refractivity contribution >= 4 is 11.8 Å². The Morgan fingerprint density at radius 1 is 1.19 bits per heavy atom. The summed E-state index contributed by atoms with van der Waals surface area (Å²) in [5.74, 6) is -0.165. The van der Waals surface area contributed by atoms with E-state index in [9.17, 15) is 14.0 Å². The number of hydrogen-bond acceptors (Lipinski definition) is 3. The molecular weight excluding hydrogens is 333 g/mol. The Labute approximate surface area is 154 Å². The molecule has 0 N–H and O–H groups in total. The number of halogens is 1. The first-order valence-corrected chi connectivity index (χ1v) is 9.45. The SMILES string of the molecule is CCN1CCC2(CCC1=O)CN(C(=O)Cc1ccccc1F)CCN2C. The van der Waals surface area contributed by atoms with Crippen LogP contribution in [0, 0.1) is 5.82 Å². The topological polar surface area (TPSA) is 43.9 Å². The molecule has 0 radical (unpaired) electrons. The normalized spacial score (nSPS) is 24.8. The van der Waals surface area contributed by atoms with Gasteiger partial charge in [0, 0.05) is 44.7 Å². The Hall–Kier alpha value is -1.95. The van der Waals surface area contributed by atoms with Gasteiger partial charge in [-0.15, -0.1) is 0 Å². The minimum absolute atomic E-state index is 0.0366. The molecule has 1 spiro atoms. The standard InChI is InChI=1S/C20H28FN3O2/c1-3-23-11-10-20(9-8-18(23)25)15-24(13-12-22(20)2)19(26)14-16-6-4-5-7-17(16)21/h4-7H,3,8-15H2,1-2H3. The van der Waals surface area contributed by atoms with Crippen molar-refractivity contribution < 1.29 is 14.0 Å². The van der Waals surface area contributed by atoms with E-state index >= 15 is 0 Å². The van der Waals surface area contributed by atoms with E-state index in [2.05, 4.69) is 11.9 Å². The fourth-order valence-corrected chi connectivity index (χ4v) is 4.16. The maximum Gasteiger partial charge on any atom is 0.227 e. The van der Waals surface area contributed by atoms with Crippen LogP contribution in [0.5, 0.6) is 0 Å². The van der Waals surface area contributed by atoms with Crippen LogP contribution in [0.2, 0.25) is 0 Å². The van der Waals surface area contributed by atoms with Gasteiger partial charge in [-0.3, -0.25) is 14.5 Å². The lowest BCUT2D eigenvalue weighted by Crippen LogP contribution is -2.62. The number of rotatable bonds is 3. The van der Waals surface area contributed by atoms with Crippen LogP contribution in [-0.4, -0.2) is 71.8 Å². The maximum absolute atomic E-state index is 13.9. The Balaban J connectivity index is 1.72. The second kappa shape index (κ2) is 7.74. The molecule has 1 atom stereocenters. The molecule has 0 aliphatic carbocycles. The second-order valence-electron chi connectivity index (χ2n) is 7.45. The van der Waals surface area contributed by atoms with E-state index in [0.717, 1.165) is 32.5 Å². The van der Waals surface area contributed by atoms with Gasteiger partial charge >= 0.3 is 0 Å². The molecular formula is C20H28FN3O2.